The molecule has 130 valence electrons. The van der Waals surface area contributed by atoms with Crippen LogP contribution in [0.25, 0.3) is 0 Å². The number of hydrogen-bond acceptors (Lipinski definition) is 9. The van der Waals surface area contributed by atoms with Crippen LogP contribution in [0.1, 0.15) is 11.6 Å². The second kappa shape index (κ2) is 8.39. The smallest absolute Gasteiger partial charge is 0.220 e. The van der Waals surface area contributed by atoms with E-state index >= 15 is 0 Å². The zero-order valence-electron chi connectivity index (χ0n) is 13.8. The first-order valence-electron chi connectivity index (χ1n) is 6.84. The Morgan fingerprint density at radius 3 is 1.25 bits per heavy atom. The Morgan fingerprint density at radius 1 is 0.708 bits per heavy atom. The van der Waals surface area contributed by atoms with Crippen molar-refractivity contribution in [2.75, 3.05) is 28.4 Å². The summed E-state index contributed by atoms with van der Waals surface area (Å²) in [6.45, 7) is 0. The molecule has 0 amide bonds. The highest BCUT2D eigenvalue weighted by atomic mass is 32.2. The Morgan fingerprint density at radius 2 is 1.00 bits per heavy atom. The maximum absolute atomic E-state index is 12.4. The topological polar surface area (TPSA) is 106 Å². The molecule has 0 aromatic carbocycles. The van der Waals surface area contributed by atoms with Gasteiger partial charge in [-0.2, -0.15) is 19.9 Å². The fourth-order valence-electron chi connectivity index (χ4n) is 1.79. The van der Waals surface area contributed by atoms with Crippen LogP contribution in [0.3, 0.4) is 0 Å². The first-order chi connectivity index (χ1) is 11.6. The first kappa shape index (κ1) is 17.9. The summed E-state index contributed by atoms with van der Waals surface area (Å²) >= 11 is 0. The van der Waals surface area contributed by atoms with Gasteiger partial charge in [0.25, 0.3) is 0 Å². The second-order valence-electron chi connectivity index (χ2n) is 4.47. The summed E-state index contributed by atoms with van der Waals surface area (Å²) in [5.41, 5.74) is 0. The Bertz CT molecular complexity index is 624. The van der Waals surface area contributed by atoms with E-state index in [1.807, 2.05) is 0 Å². The number of methoxy groups -OCH3 is 4. The molecular formula is C14H18N4O5S. The second-order valence-corrected chi connectivity index (χ2v) is 5.92. The van der Waals surface area contributed by atoms with E-state index in [2.05, 4.69) is 19.9 Å². The van der Waals surface area contributed by atoms with Crippen molar-refractivity contribution >= 4 is 10.8 Å². The van der Waals surface area contributed by atoms with E-state index < -0.39 is 10.8 Å². The molecule has 2 heterocycles. The zero-order valence-corrected chi connectivity index (χ0v) is 14.6. The molecule has 0 aliphatic heterocycles. The largest absolute Gasteiger partial charge is 0.481 e. The van der Waals surface area contributed by atoms with Crippen molar-refractivity contribution in [3.05, 3.63) is 23.8 Å². The Kier molecular flexibility index (Phi) is 6.24. The molecule has 0 N–H and O–H groups in total. The lowest BCUT2D eigenvalue weighted by atomic mass is 10.5. The molecule has 0 unspecified atom stereocenters. The first-order valence-corrected chi connectivity index (χ1v) is 8.33. The molecule has 24 heavy (non-hydrogen) atoms. The fourth-order valence-corrected chi connectivity index (χ4v) is 2.72. The van der Waals surface area contributed by atoms with Gasteiger partial charge in [0.15, 0.2) is 0 Å². The summed E-state index contributed by atoms with van der Waals surface area (Å²) < 4.78 is 32.6. The van der Waals surface area contributed by atoms with Crippen molar-refractivity contribution in [2.24, 2.45) is 0 Å². The van der Waals surface area contributed by atoms with Crippen LogP contribution in [-0.2, 0) is 22.3 Å². The molecule has 9 nitrogen and oxygen atoms in total. The Labute approximate surface area is 141 Å². The number of hydrogen-bond donors (Lipinski definition) is 0. The van der Waals surface area contributed by atoms with Crippen LogP contribution in [0.4, 0.5) is 0 Å². The van der Waals surface area contributed by atoms with Crippen LogP contribution in [0, 0.1) is 0 Å². The molecule has 0 aliphatic rings. The normalized spacial score (nSPS) is 10.5. The van der Waals surface area contributed by atoms with Crippen LogP contribution in [0.2, 0.25) is 0 Å². The summed E-state index contributed by atoms with van der Waals surface area (Å²) in [6.07, 6.45) is 0. The van der Waals surface area contributed by atoms with E-state index in [0.29, 0.717) is 35.2 Å². The molecule has 2 aromatic rings. The van der Waals surface area contributed by atoms with Crippen LogP contribution in [0.15, 0.2) is 12.1 Å². The molecular weight excluding hydrogens is 336 g/mol. The Balaban J connectivity index is 2.13. The highest BCUT2D eigenvalue weighted by molar-refractivity contribution is 7.83. The average Bonchev–Trinajstić information content (AvgIpc) is 2.60. The van der Waals surface area contributed by atoms with Gasteiger partial charge < -0.3 is 18.9 Å². The van der Waals surface area contributed by atoms with Crippen molar-refractivity contribution in [1.29, 1.82) is 0 Å². The average molecular weight is 354 g/mol. The lowest BCUT2D eigenvalue weighted by Gasteiger charge is -2.07. The minimum Gasteiger partial charge on any atom is -0.481 e. The number of aromatic nitrogens is 4. The maximum Gasteiger partial charge on any atom is 0.220 e. The summed E-state index contributed by atoms with van der Waals surface area (Å²) in [5, 5.41) is 0. The number of rotatable bonds is 8. The lowest BCUT2D eigenvalue weighted by Crippen LogP contribution is -2.08. The zero-order chi connectivity index (χ0) is 17.5. The predicted molar refractivity (Wildman–Crippen MR) is 85.8 cm³/mol. The SMILES string of the molecule is COc1cc(OC)nc(CS(=O)Cc2nc(OC)cc(OC)n2)n1. The molecule has 0 radical (unpaired) electrons. The van der Waals surface area contributed by atoms with E-state index in [1.54, 1.807) is 12.1 Å². The van der Waals surface area contributed by atoms with E-state index in [-0.39, 0.29) is 11.5 Å². The molecule has 0 saturated carbocycles. The fraction of sp³-hybridized carbons (Fsp3) is 0.429. The summed E-state index contributed by atoms with van der Waals surface area (Å²) in [4.78, 5) is 16.6. The van der Waals surface area contributed by atoms with Gasteiger partial charge in [-0.3, -0.25) is 4.21 Å². The van der Waals surface area contributed by atoms with Gasteiger partial charge in [0.1, 0.15) is 11.6 Å². The van der Waals surface area contributed by atoms with E-state index in [0.717, 1.165) is 0 Å². The van der Waals surface area contributed by atoms with E-state index in [4.69, 9.17) is 18.9 Å². The molecule has 0 saturated heterocycles. The monoisotopic (exact) mass is 354 g/mol. The van der Waals surface area contributed by atoms with Gasteiger partial charge in [-0.25, -0.2) is 0 Å². The summed E-state index contributed by atoms with van der Waals surface area (Å²) in [7, 11) is 4.60. The van der Waals surface area contributed by atoms with E-state index in [9.17, 15) is 4.21 Å². The Hall–Kier alpha value is -2.49. The third-order valence-electron chi connectivity index (χ3n) is 2.87. The number of nitrogens with zero attached hydrogens (tertiary/aromatic N) is 4. The molecule has 10 heteroatoms. The standard InChI is InChI=1S/C14H18N4O5S/c1-20-11-5-12(21-2)16-9(15-11)7-24(19)8-10-17-13(22-3)6-14(18-10)23-4/h5-6H,7-8H2,1-4H3. The minimum atomic E-state index is -1.34. The van der Waals surface area contributed by atoms with Gasteiger partial charge in [0.2, 0.25) is 23.5 Å². The van der Waals surface area contributed by atoms with Crippen molar-refractivity contribution in [3.8, 4) is 23.5 Å². The van der Waals surface area contributed by atoms with E-state index in [1.165, 1.54) is 28.4 Å². The summed E-state index contributed by atoms with van der Waals surface area (Å²) in [6, 6.07) is 3.09. The van der Waals surface area contributed by atoms with Crippen LogP contribution >= 0.6 is 0 Å². The van der Waals surface area contributed by atoms with Crippen molar-refractivity contribution in [1.82, 2.24) is 19.9 Å². The molecule has 2 rings (SSSR count). The molecule has 0 atom stereocenters. The maximum atomic E-state index is 12.4. The third-order valence-corrected chi connectivity index (χ3v) is 4.03. The highest BCUT2D eigenvalue weighted by Gasteiger charge is 2.13. The molecule has 0 spiro atoms. The molecule has 0 fully saturated rings. The van der Waals surface area contributed by atoms with Gasteiger partial charge in [0.05, 0.1) is 52.1 Å². The van der Waals surface area contributed by atoms with Crippen LogP contribution in [0.5, 0.6) is 23.5 Å². The molecule has 0 aliphatic carbocycles. The van der Waals surface area contributed by atoms with Crippen molar-refractivity contribution < 1.29 is 23.2 Å². The summed E-state index contributed by atoms with van der Waals surface area (Å²) in [5.74, 6) is 2.27. The minimum absolute atomic E-state index is 0.108. The number of ether oxygens (including phenoxy) is 4. The van der Waals surface area contributed by atoms with Crippen LogP contribution in [-0.4, -0.2) is 52.6 Å². The van der Waals surface area contributed by atoms with Crippen molar-refractivity contribution in [2.45, 2.75) is 11.5 Å². The molecule has 0 bridgehead atoms. The highest BCUT2D eigenvalue weighted by Crippen LogP contribution is 2.18. The lowest BCUT2D eigenvalue weighted by molar-refractivity contribution is 0.369. The predicted octanol–water partition coefficient (Wildman–Crippen LogP) is 0.750. The third kappa shape index (κ3) is 4.75. The van der Waals surface area contributed by atoms with Gasteiger partial charge >= 0.3 is 0 Å². The van der Waals surface area contributed by atoms with Crippen LogP contribution < -0.4 is 18.9 Å². The van der Waals surface area contributed by atoms with Gasteiger partial charge in [-0.1, -0.05) is 0 Å². The van der Waals surface area contributed by atoms with Gasteiger partial charge in [-0.15, -0.1) is 0 Å². The quantitative estimate of drug-likeness (QED) is 0.679. The van der Waals surface area contributed by atoms with Gasteiger partial charge in [-0.05, 0) is 0 Å². The molecule has 2 aromatic heterocycles. The van der Waals surface area contributed by atoms with Gasteiger partial charge in [0, 0.05) is 10.8 Å². The van der Waals surface area contributed by atoms with Crippen molar-refractivity contribution in [3.63, 3.8) is 0 Å².